The molecule has 0 amide bonds. The molecule has 1 aromatic rings. The SMILES string of the molecule is Cn1ncc(Cl)c1C1(C#N)CC1. The number of halogens is 1. The summed E-state index contributed by atoms with van der Waals surface area (Å²) in [5, 5.41) is 13.5. The van der Waals surface area contributed by atoms with Gasteiger partial charge in [0.2, 0.25) is 0 Å². The molecule has 1 saturated carbocycles. The molecule has 1 fully saturated rings. The molecular weight excluding hydrogens is 174 g/mol. The van der Waals surface area contributed by atoms with Crippen molar-refractivity contribution in [3.63, 3.8) is 0 Å². The Morgan fingerprint density at radius 1 is 1.75 bits per heavy atom. The van der Waals surface area contributed by atoms with Gasteiger partial charge >= 0.3 is 0 Å². The maximum absolute atomic E-state index is 8.93. The van der Waals surface area contributed by atoms with E-state index in [1.165, 1.54) is 0 Å². The van der Waals surface area contributed by atoms with Gasteiger partial charge in [0.25, 0.3) is 0 Å². The molecule has 2 rings (SSSR count). The van der Waals surface area contributed by atoms with E-state index < -0.39 is 0 Å². The van der Waals surface area contributed by atoms with Crippen LogP contribution in [-0.4, -0.2) is 9.78 Å². The topological polar surface area (TPSA) is 41.6 Å². The van der Waals surface area contributed by atoms with Gasteiger partial charge in [-0.2, -0.15) is 10.4 Å². The summed E-state index contributed by atoms with van der Waals surface area (Å²) in [6.07, 6.45) is 3.40. The van der Waals surface area contributed by atoms with E-state index >= 15 is 0 Å². The molecule has 4 heteroatoms. The average molecular weight is 182 g/mol. The van der Waals surface area contributed by atoms with Crippen LogP contribution < -0.4 is 0 Å². The highest BCUT2D eigenvalue weighted by Crippen LogP contribution is 2.49. The van der Waals surface area contributed by atoms with Crippen molar-refractivity contribution in [1.29, 1.82) is 5.26 Å². The molecule has 0 saturated heterocycles. The van der Waals surface area contributed by atoms with Gasteiger partial charge < -0.3 is 0 Å². The first-order valence-corrected chi connectivity index (χ1v) is 4.17. The molecule has 0 unspecified atom stereocenters. The van der Waals surface area contributed by atoms with E-state index in [9.17, 15) is 0 Å². The summed E-state index contributed by atoms with van der Waals surface area (Å²) >= 11 is 5.91. The number of nitrogens with zero attached hydrogens (tertiary/aromatic N) is 3. The molecular formula is C8H8ClN3. The lowest BCUT2D eigenvalue weighted by atomic mass is 10.1. The summed E-state index contributed by atoms with van der Waals surface area (Å²) in [4.78, 5) is 0. The lowest BCUT2D eigenvalue weighted by Crippen LogP contribution is -2.10. The molecule has 0 atom stereocenters. The van der Waals surface area contributed by atoms with Crippen LogP contribution in [-0.2, 0) is 12.5 Å². The summed E-state index contributed by atoms with van der Waals surface area (Å²) in [5.41, 5.74) is 0.536. The van der Waals surface area contributed by atoms with Gasteiger partial charge in [0.1, 0.15) is 5.41 Å². The zero-order valence-corrected chi connectivity index (χ0v) is 7.47. The Bertz CT molecular complexity index is 337. The van der Waals surface area contributed by atoms with Crippen molar-refractivity contribution in [1.82, 2.24) is 9.78 Å². The lowest BCUT2D eigenvalue weighted by Gasteiger charge is -2.05. The smallest absolute Gasteiger partial charge is 0.101 e. The highest BCUT2D eigenvalue weighted by Gasteiger charge is 2.48. The molecule has 0 N–H and O–H groups in total. The molecule has 3 nitrogen and oxygen atoms in total. The largest absolute Gasteiger partial charge is 0.269 e. The molecule has 0 radical (unpaired) electrons. The number of hydrogen-bond acceptors (Lipinski definition) is 2. The van der Waals surface area contributed by atoms with Crippen LogP contribution in [0.1, 0.15) is 18.5 Å². The number of aryl methyl sites for hydroxylation is 1. The third kappa shape index (κ3) is 0.850. The maximum atomic E-state index is 8.93. The first-order chi connectivity index (χ1) is 5.69. The van der Waals surface area contributed by atoms with Gasteiger partial charge in [-0.15, -0.1) is 0 Å². The standard InChI is InChI=1S/C8H8ClN3/c1-12-7(6(9)4-11-12)8(5-10)2-3-8/h4H,2-3H2,1H3. The van der Waals surface area contributed by atoms with Crippen LogP contribution in [0, 0.1) is 11.3 Å². The van der Waals surface area contributed by atoms with Gasteiger partial charge in [0, 0.05) is 7.05 Å². The Morgan fingerprint density at radius 3 is 2.75 bits per heavy atom. The zero-order valence-electron chi connectivity index (χ0n) is 6.71. The fraction of sp³-hybridized carbons (Fsp3) is 0.500. The Kier molecular flexibility index (Phi) is 1.42. The van der Waals surface area contributed by atoms with Crippen LogP contribution in [0.15, 0.2) is 6.20 Å². The van der Waals surface area contributed by atoms with E-state index in [1.54, 1.807) is 10.9 Å². The number of aromatic nitrogens is 2. The molecule has 1 heterocycles. The van der Waals surface area contributed by atoms with E-state index in [0.717, 1.165) is 18.5 Å². The summed E-state index contributed by atoms with van der Waals surface area (Å²) < 4.78 is 1.69. The Morgan fingerprint density at radius 2 is 2.42 bits per heavy atom. The van der Waals surface area contributed by atoms with E-state index in [1.807, 2.05) is 7.05 Å². The minimum atomic E-state index is -0.331. The third-order valence-corrected chi connectivity index (χ3v) is 2.59. The molecule has 1 aliphatic rings. The van der Waals surface area contributed by atoms with E-state index in [2.05, 4.69) is 11.2 Å². The molecule has 0 aromatic carbocycles. The second-order valence-corrected chi connectivity index (χ2v) is 3.57. The van der Waals surface area contributed by atoms with Crippen LogP contribution in [0.2, 0.25) is 5.02 Å². The third-order valence-electron chi connectivity index (χ3n) is 2.31. The van der Waals surface area contributed by atoms with E-state index in [-0.39, 0.29) is 5.41 Å². The predicted molar refractivity (Wildman–Crippen MR) is 44.7 cm³/mol. The zero-order chi connectivity index (χ0) is 8.77. The Hall–Kier alpha value is -1.01. The minimum absolute atomic E-state index is 0.331. The number of rotatable bonds is 1. The van der Waals surface area contributed by atoms with Crippen molar-refractivity contribution in [2.75, 3.05) is 0 Å². The first kappa shape index (κ1) is 7.63. The Labute approximate surface area is 75.6 Å². The van der Waals surface area contributed by atoms with Crippen molar-refractivity contribution < 1.29 is 0 Å². The second-order valence-electron chi connectivity index (χ2n) is 3.16. The normalized spacial score (nSPS) is 18.8. The van der Waals surface area contributed by atoms with Crippen molar-refractivity contribution in [3.8, 4) is 6.07 Å². The summed E-state index contributed by atoms with van der Waals surface area (Å²) in [5.74, 6) is 0. The van der Waals surface area contributed by atoms with Crippen LogP contribution in [0.5, 0.6) is 0 Å². The van der Waals surface area contributed by atoms with Crippen LogP contribution in [0.4, 0.5) is 0 Å². The second kappa shape index (κ2) is 2.24. The minimum Gasteiger partial charge on any atom is -0.269 e. The van der Waals surface area contributed by atoms with E-state index in [0.29, 0.717) is 5.02 Å². The fourth-order valence-electron chi connectivity index (χ4n) is 1.48. The van der Waals surface area contributed by atoms with Crippen LogP contribution in [0.3, 0.4) is 0 Å². The quantitative estimate of drug-likeness (QED) is 0.661. The van der Waals surface area contributed by atoms with Crippen LogP contribution in [0.25, 0.3) is 0 Å². The molecule has 0 bridgehead atoms. The lowest BCUT2D eigenvalue weighted by molar-refractivity contribution is 0.675. The van der Waals surface area contributed by atoms with Crippen molar-refractivity contribution in [2.24, 2.45) is 7.05 Å². The van der Waals surface area contributed by atoms with Crippen molar-refractivity contribution in [3.05, 3.63) is 16.9 Å². The molecule has 62 valence electrons. The fourth-order valence-corrected chi connectivity index (χ4v) is 1.82. The Balaban J connectivity index is 2.54. The van der Waals surface area contributed by atoms with E-state index in [4.69, 9.17) is 16.9 Å². The molecule has 12 heavy (non-hydrogen) atoms. The van der Waals surface area contributed by atoms with Gasteiger partial charge in [-0.3, -0.25) is 4.68 Å². The van der Waals surface area contributed by atoms with Gasteiger partial charge in [-0.05, 0) is 12.8 Å². The molecule has 1 aliphatic carbocycles. The molecule has 1 aromatic heterocycles. The summed E-state index contributed by atoms with van der Waals surface area (Å²) in [7, 11) is 1.82. The molecule has 0 aliphatic heterocycles. The summed E-state index contributed by atoms with van der Waals surface area (Å²) in [6, 6.07) is 2.29. The first-order valence-electron chi connectivity index (χ1n) is 3.79. The van der Waals surface area contributed by atoms with Crippen molar-refractivity contribution >= 4 is 11.6 Å². The predicted octanol–water partition coefficient (Wildman–Crippen LogP) is 1.63. The molecule has 0 spiro atoms. The van der Waals surface area contributed by atoms with Gasteiger partial charge in [-0.1, -0.05) is 11.6 Å². The van der Waals surface area contributed by atoms with Crippen molar-refractivity contribution in [2.45, 2.75) is 18.3 Å². The maximum Gasteiger partial charge on any atom is 0.101 e. The average Bonchev–Trinajstić information content (AvgIpc) is 2.77. The highest BCUT2D eigenvalue weighted by molar-refractivity contribution is 6.31. The van der Waals surface area contributed by atoms with Gasteiger partial charge in [0.15, 0.2) is 0 Å². The van der Waals surface area contributed by atoms with Gasteiger partial charge in [-0.25, -0.2) is 0 Å². The number of nitriles is 1. The van der Waals surface area contributed by atoms with Crippen LogP contribution >= 0.6 is 11.6 Å². The van der Waals surface area contributed by atoms with Gasteiger partial charge in [0.05, 0.1) is 23.0 Å². The monoisotopic (exact) mass is 181 g/mol. The summed E-state index contributed by atoms with van der Waals surface area (Å²) in [6.45, 7) is 0. The highest BCUT2D eigenvalue weighted by atomic mass is 35.5. The number of hydrogen-bond donors (Lipinski definition) is 0.